The monoisotopic (exact) mass is 526 g/mol. The highest BCUT2D eigenvalue weighted by Gasteiger charge is 2.14. The van der Waals surface area contributed by atoms with Crippen molar-refractivity contribution in [2.24, 2.45) is 0 Å². The molecule has 9 nitrogen and oxygen atoms in total. The van der Waals surface area contributed by atoms with Crippen molar-refractivity contribution in [1.82, 2.24) is 4.98 Å². The van der Waals surface area contributed by atoms with Crippen molar-refractivity contribution in [2.45, 2.75) is 11.8 Å². The van der Waals surface area contributed by atoms with E-state index < -0.39 is 10.1 Å². The van der Waals surface area contributed by atoms with E-state index in [1.54, 1.807) is 19.2 Å². The summed E-state index contributed by atoms with van der Waals surface area (Å²) < 4.78 is 45.9. The molecule has 0 unspecified atom stereocenters. The maximum atomic E-state index is 12.1. The van der Waals surface area contributed by atoms with E-state index in [4.69, 9.17) is 18.4 Å². The molecule has 0 bridgehead atoms. The molecule has 1 N–H and O–H groups in total. The van der Waals surface area contributed by atoms with Gasteiger partial charge in [0.2, 0.25) is 6.41 Å². The number of nitrogens with one attached hydrogen (secondary N) is 1. The molecule has 0 atom stereocenters. The lowest BCUT2D eigenvalue weighted by molar-refractivity contribution is -0.107. The maximum absolute atomic E-state index is 12.1. The predicted octanol–water partition coefficient (Wildman–Crippen LogP) is 4.04. The highest BCUT2D eigenvalue weighted by atomic mass is 32.2. The van der Waals surface area contributed by atoms with Crippen LogP contribution < -0.4 is 9.64 Å². The highest BCUT2D eigenvalue weighted by molar-refractivity contribution is 7.86. The number of ether oxygens (including phenoxy) is 3. The number of carbonyl (C=O) groups is 1. The number of carbonyl (C=O) groups excluding carboxylic acids is 1. The normalized spacial score (nSPS) is 11.7. The Kier molecular flexibility index (Phi) is 8.78. The second-order valence-electron chi connectivity index (χ2n) is 8.44. The first-order chi connectivity index (χ1) is 17.9. The molecule has 10 heteroatoms. The van der Waals surface area contributed by atoms with Gasteiger partial charge in [0.25, 0.3) is 10.1 Å². The molecule has 0 aliphatic rings. The average molecular weight is 527 g/mol. The van der Waals surface area contributed by atoms with Crippen LogP contribution in [0.5, 0.6) is 5.75 Å². The third kappa shape index (κ3) is 6.86. The third-order valence-electron chi connectivity index (χ3n) is 5.76. The first kappa shape index (κ1) is 26.6. The van der Waals surface area contributed by atoms with E-state index in [-0.39, 0.29) is 18.1 Å². The van der Waals surface area contributed by atoms with E-state index >= 15 is 0 Å². The first-order valence-corrected chi connectivity index (χ1v) is 13.3. The number of hydrogen-bond acceptors (Lipinski definition) is 7. The Morgan fingerprint density at radius 2 is 1.43 bits per heavy atom. The summed E-state index contributed by atoms with van der Waals surface area (Å²) in [4.78, 5) is 16.1. The molecule has 0 fully saturated rings. The molecule has 0 saturated heterocycles. The van der Waals surface area contributed by atoms with Crippen LogP contribution in [0.3, 0.4) is 0 Å². The number of H-pyrrole nitrogens is 1. The molecular formula is C27H30N2O7S. The van der Waals surface area contributed by atoms with E-state index in [0.29, 0.717) is 26.4 Å². The van der Waals surface area contributed by atoms with Gasteiger partial charge in [-0.15, -0.1) is 0 Å². The zero-order valence-electron chi connectivity index (χ0n) is 20.8. The van der Waals surface area contributed by atoms with E-state index in [9.17, 15) is 13.2 Å². The summed E-state index contributed by atoms with van der Waals surface area (Å²) in [5.74, 6) is 0.719. The van der Waals surface area contributed by atoms with Crippen molar-refractivity contribution in [3.63, 3.8) is 0 Å². The molecule has 1 aromatic heterocycles. The molecule has 196 valence electrons. The summed E-state index contributed by atoms with van der Waals surface area (Å²) in [5.41, 5.74) is 3.67. The second kappa shape index (κ2) is 12.2. The lowest BCUT2D eigenvalue weighted by Gasteiger charge is -2.09. The van der Waals surface area contributed by atoms with Gasteiger partial charge >= 0.3 is 0 Å². The summed E-state index contributed by atoms with van der Waals surface area (Å²) in [6.07, 6.45) is 0.777. The average Bonchev–Trinajstić information content (AvgIpc) is 3.26. The fraction of sp³-hybridized carbons (Fsp3) is 0.296. The molecule has 4 aromatic rings. The van der Waals surface area contributed by atoms with Crippen LogP contribution in [-0.4, -0.2) is 66.5 Å². The number of benzene rings is 3. The predicted molar refractivity (Wildman–Crippen MR) is 142 cm³/mol. The molecule has 1 heterocycles. The summed E-state index contributed by atoms with van der Waals surface area (Å²) >= 11 is 0. The number of aryl methyl sites for hydroxylation is 1. The Balaban J connectivity index is 1.13. The molecule has 0 aliphatic carbocycles. The Morgan fingerprint density at radius 3 is 2.14 bits per heavy atom. The summed E-state index contributed by atoms with van der Waals surface area (Å²) in [5, 5.41) is 2.15. The molecule has 3 aromatic carbocycles. The number of aromatic nitrogens is 1. The fourth-order valence-electron chi connectivity index (χ4n) is 3.76. The minimum atomic E-state index is -3.78. The Hall–Kier alpha value is -3.44. The summed E-state index contributed by atoms with van der Waals surface area (Å²) in [6.45, 7) is 3.39. The molecule has 0 saturated carbocycles. The first-order valence-electron chi connectivity index (χ1n) is 11.9. The molecule has 0 spiro atoms. The quantitative estimate of drug-likeness (QED) is 0.150. The van der Waals surface area contributed by atoms with Gasteiger partial charge in [-0.2, -0.15) is 8.42 Å². The zero-order valence-corrected chi connectivity index (χ0v) is 21.6. The standard InChI is InChI=1S/C27H30N2O7S/c1-20-3-7-23(8-4-20)37(31,32)36-16-14-34-12-11-33-13-15-35-22-6-10-25-24-9-5-21(29(2)19-30)17-26(24)28-27(25)18-22/h3-10,17-19,28H,11-16H2,1-2H3. The van der Waals surface area contributed by atoms with Crippen LogP contribution in [0.25, 0.3) is 21.8 Å². The summed E-state index contributed by atoms with van der Waals surface area (Å²) in [6, 6.07) is 18.2. The number of anilines is 1. The minimum absolute atomic E-state index is 0.0648. The Morgan fingerprint density at radius 1 is 0.811 bits per heavy atom. The van der Waals surface area contributed by atoms with Crippen molar-refractivity contribution in [2.75, 3.05) is 51.6 Å². The van der Waals surface area contributed by atoms with Crippen molar-refractivity contribution >= 4 is 44.0 Å². The molecule has 1 amide bonds. The van der Waals surface area contributed by atoms with Crippen LogP contribution in [-0.2, 0) is 28.6 Å². The van der Waals surface area contributed by atoms with Crippen LogP contribution in [0.2, 0.25) is 0 Å². The largest absolute Gasteiger partial charge is 0.491 e. The topological polar surface area (TPSA) is 107 Å². The Labute approximate surface area is 216 Å². The SMILES string of the molecule is Cc1ccc(S(=O)(=O)OCCOCCOCCOc2ccc3c(c2)[nH]c2cc(N(C)C=O)ccc23)cc1. The number of hydrogen-bond donors (Lipinski definition) is 1. The van der Waals surface area contributed by atoms with E-state index in [0.717, 1.165) is 45.2 Å². The van der Waals surface area contributed by atoms with Crippen molar-refractivity contribution in [3.05, 3.63) is 66.2 Å². The third-order valence-corrected chi connectivity index (χ3v) is 7.09. The van der Waals surface area contributed by atoms with Crippen LogP contribution >= 0.6 is 0 Å². The van der Waals surface area contributed by atoms with Crippen molar-refractivity contribution < 1.29 is 31.6 Å². The van der Waals surface area contributed by atoms with Crippen molar-refractivity contribution in [3.8, 4) is 5.75 Å². The Bertz CT molecular complexity index is 1450. The van der Waals surface area contributed by atoms with Crippen LogP contribution in [0.1, 0.15) is 5.56 Å². The molecule has 37 heavy (non-hydrogen) atoms. The van der Waals surface area contributed by atoms with Crippen LogP contribution in [0.15, 0.2) is 65.6 Å². The minimum Gasteiger partial charge on any atom is -0.491 e. The van der Waals surface area contributed by atoms with Crippen LogP contribution in [0.4, 0.5) is 5.69 Å². The molecular weight excluding hydrogens is 496 g/mol. The van der Waals surface area contributed by atoms with Gasteiger partial charge in [-0.25, -0.2) is 0 Å². The lowest BCUT2D eigenvalue weighted by atomic mass is 10.1. The van der Waals surface area contributed by atoms with E-state index in [2.05, 4.69) is 4.98 Å². The second-order valence-corrected chi connectivity index (χ2v) is 10.1. The molecule has 0 aliphatic heterocycles. The highest BCUT2D eigenvalue weighted by Crippen LogP contribution is 2.30. The van der Waals surface area contributed by atoms with Crippen molar-refractivity contribution in [1.29, 1.82) is 0 Å². The molecule has 0 radical (unpaired) electrons. The van der Waals surface area contributed by atoms with E-state index in [1.165, 1.54) is 17.0 Å². The number of aromatic amines is 1. The van der Waals surface area contributed by atoms with Gasteiger partial charge < -0.3 is 24.1 Å². The number of amides is 1. The van der Waals surface area contributed by atoms with Gasteiger partial charge in [0.1, 0.15) is 12.4 Å². The number of rotatable bonds is 14. The van der Waals surface area contributed by atoms with Gasteiger partial charge in [0.05, 0.1) is 43.4 Å². The fourth-order valence-corrected chi connectivity index (χ4v) is 4.66. The van der Waals surface area contributed by atoms with Gasteiger partial charge in [0, 0.05) is 35.1 Å². The van der Waals surface area contributed by atoms with Gasteiger partial charge in [0.15, 0.2) is 0 Å². The molecule has 4 rings (SSSR count). The summed E-state index contributed by atoms with van der Waals surface area (Å²) in [7, 11) is -2.07. The maximum Gasteiger partial charge on any atom is 0.297 e. The zero-order chi connectivity index (χ0) is 26.3. The van der Waals surface area contributed by atoms with Gasteiger partial charge in [-0.1, -0.05) is 23.8 Å². The smallest absolute Gasteiger partial charge is 0.297 e. The van der Waals surface area contributed by atoms with Gasteiger partial charge in [-0.05, 0) is 43.3 Å². The lowest BCUT2D eigenvalue weighted by Crippen LogP contribution is -2.14. The number of fused-ring (bicyclic) bond motifs is 3. The van der Waals surface area contributed by atoms with Crippen LogP contribution in [0, 0.1) is 6.92 Å². The number of nitrogens with zero attached hydrogens (tertiary/aromatic N) is 1. The van der Waals surface area contributed by atoms with E-state index in [1.807, 2.05) is 43.3 Å². The van der Waals surface area contributed by atoms with Gasteiger partial charge in [-0.3, -0.25) is 8.98 Å².